The lowest BCUT2D eigenvalue weighted by molar-refractivity contribution is -0.137. The van der Waals surface area contributed by atoms with E-state index < -0.39 is 30.2 Å². The van der Waals surface area contributed by atoms with Gasteiger partial charge < -0.3 is 24.3 Å². The third-order valence-electron chi connectivity index (χ3n) is 3.89. The number of anilines is 1. The molecule has 2 aromatic carbocycles. The van der Waals surface area contributed by atoms with E-state index in [1.165, 1.54) is 19.2 Å². The highest BCUT2D eigenvalue weighted by atomic mass is 19.4. The predicted molar refractivity (Wildman–Crippen MR) is 94.3 cm³/mol. The normalized spacial score (nSPS) is 12.8. The number of carbonyl (C=O) groups excluding carboxylic acids is 2. The Kier molecular flexibility index (Phi) is 5.81. The van der Waals surface area contributed by atoms with Crippen molar-refractivity contribution in [2.45, 2.75) is 6.18 Å². The molecule has 1 N–H and O–H groups in total. The van der Waals surface area contributed by atoms with Gasteiger partial charge in [-0.2, -0.15) is 13.2 Å². The monoisotopic (exact) mass is 411 g/mol. The van der Waals surface area contributed by atoms with Crippen molar-refractivity contribution in [2.75, 3.05) is 32.2 Å². The number of alkyl halides is 3. The van der Waals surface area contributed by atoms with E-state index in [-0.39, 0.29) is 17.0 Å². The molecule has 3 rings (SSSR count). The smallest absolute Gasteiger partial charge is 0.416 e. The summed E-state index contributed by atoms with van der Waals surface area (Å²) in [6.45, 7) is 0.0259. The van der Waals surface area contributed by atoms with Crippen molar-refractivity contribution in [2.24, 2.45) is 0 Å². The van der Waals surface area contributed by atoms with Gasteiger partial charge in [0.15, 0.2) is 18.1 Å². The zero-order chi connectivity index (χ0) is 21.0. The molecule has 0 unspecified atom stereocenters. The first-order chi connectivity index (χ1) is 13.8. The third kappa shape index (κ3) is 4.89. The molecular formula is C19H16F3NO6. The minimum Gasteiger partial charge on any atom is -0.493 e. The van der Waals surface area contributed by atoms with Gasteiger partial charge in [-0.25, -0.2) is 4.79 Å². The molecule has 1 aliphatic rings. The van der Waals surface area contributed by atoms with Gasteiger partial charge >= 0.3 is 12.1 Å². The number of methoxy groups -OCH3 is 1. The average molecular weight is 411 g/mol. The van der Waals surface area contributed by atoms with Crippen LogP contribution in [0.15, 0.2) is 36.4 Å². The highest BCUT2D eigenvalue weighted by Gasteiger charge is 2.30. The first-order valence-corrected chi connectivity index (χ1v) is 8.40. The maximum absolute atomic E-state index is 12.5. The summed E-state index contributed by atoms with van der Waals surface area (Å²) in [7, 11) is 1.40. The fraction of sp³-hybridized carbons (Fsp3) is 0.263. The summed E-state index contributed by atoms with van der Waals surface area (Å²) in [4.78, 5) is 24.1. The number of carbonyl (C=O) groups is 2. The van der Waals surface area contributed by atoms with Crippen LogP contribution in [0, 0.1) is 0 Å². The molecular weight excluding hydrogens is 395 g/mol. The van der Waals surface area contributed by atoms with Crippen molar-refractivity contribution in [3.8, 4) is 17.2 Å². The second-order valence-electron chi connectivity index (χ2n) is 5.90. The number of hydrogen-bond donors (Lipinski definition) is 1. The van der Waals surface area contributed by atoms with Crippen LogP contribution in [-0.2, 0) is 15.7 Å². The maximum atomic E-state index is 12.5. The summed E-state index contributed by atoms with van der Waals surface area (Å²) in [6.07, 6.45) is -4.47. The second kappa shape index (κ2) is 8.29. The molecule has 0 atom stereocenters. The van der Waals surface area contributed by atoms with Crippen LogP contribution in [0.1, 0.15) is 15.9 Å². The van der Waals surface area contributed by atoms with E-state index in [0.29, 0.717) is 24.7 Å². The van der Waals surface area contributed by atoms with E-state index in [1.54, 1.807) is 0 Å². The van der Waals surface area contributed by atoms with Crippen LogP contribution in [0.5, 0.6) is 17.2 Å². The van der Waals surface area contributed by atoms with Crippen molar-refractivity contribution in [1.29, 1.82) is 0 Å². The molecule has 0 bridgehead atoms. The Balaban J connectivity index is 1.60. The zero-order valence-electron chi connectivity index (χ0n) is 15.2. The molecule has 0 saturated carbocycles. The summed E-state index contributed by atoms with van der Waals surface area (Å²) >= 11 is 0. The van der Waals surface area contributed by atoms with E-state index in [4.69, 9.17) is 18.9 Å². The Morgan fingerprint density at radius 1 is 1.10 bits per heavy atom. The van der Waals surface area contributed by atoms with Crippen molar-refractivity contribution < 1.29 is 41.7 Å². The number of halogens is 3. The van der Waals surface area contributed by atoms with Gasteiger partial charge in [0.05, 0.1) is 18.2 Å². The van der Waals surface area contributed by atoms with E-state index in [2.05, 4.69) is 5.32 Å². The lowest BCUT2D eigenvalue weighted by Gasteiger charge is -2.21. The van der Waals surface area contributed by atoms with Gasteiger partial charge in [-0.15, -0.1) is 0 Å². The van der Waals surface area contributed by atoms with Crippen molar-refractivity contribution in [1.82, 2.24) is 0 Å². The highest BCUT2D eigenvalue weighted by molar-refractivity contribution is 5.96. The molecule has 0 fully saturated rings. The summed E-state index contributed by atoms with van der Waals surface area (Å²) in [6, 6.07) is 6.69. The minimum atomic E-state index is -4.47. The lowest BCUT2D eigenvalue weighted by atomic mass is 10.1. The Bertz CT molecular complexity index is 894. The first-order valence-electron chi connectivity index (χ1n) is 8.40. The number of nitrogens with one attached hydrogen (secondary N) is 1. The van der Waals surface area contributed by atoms with Gasteiger partial charge in [0.1, 0.15) is 13.2 Å². The Morgan fingerprint density at radius 3 is 2.45 bits per heavy atom. The summed E-state index contributed by atoms with van der Waals surface area (Å²) in [5, 5.41) is 2.35. The highest BCUT2D eigenvalue weighted by Crippen LogP contribution is 2.40. The van der Waals surface area contributed by atoms with Crippen LogP contribution in [0.25, 0.3) is 0 Å². The number of ether oxygens (including phenoxy) is 4. The number of fused-ring (bicyclic) bond motifs is 1. The molecule has 10 heteroatoms. The Hall–Kier alpha value is -3.43. The largest absolute Gasteiger partial charge is 0.493 e. The fourth-order valence-corrected chi connectivity index (χ4v) is 2.54. The van der Waals surface area contributed by atoms with Gasteiger partial charge in [0.2, 0.25) is 5.75 Å². The molecule has 2 aromatic rings. The van der Waals surface area contributed by atoms with E-state index in [0.717, 1.165) is 24.3 Å². The standard InChI is InChI=1S/C19H16F3NO6/c1-26-14-8-11(9-15-17(14)28-7-6-27-15)18(25)29-10-16(24)23-13-4-2-12(3-5-13)19(20,21)22/h2-5,8-9H,6-7,10H2,1H3,(H,23,24). The van der Waals surface area contributed by atoms with Gasteiger partial charge in [-0.1, -0.05) is 0 Å². The van der Waals surface area contributed by atoms with Crippen LogP contribution in [0.2, 0.25) is 0 Å². The summed E-state index contributed by atoms with van der Waals surface area (Å²) < 4.78 is 58.6. The van der Waals surface area contributed by atoms with E-state index >= 15 is 0 Å². The van der Waals surface area contributed by atoms with Gasteiger partial charge in [-0.3, -0.25) is 4.79 Å². The van der Waals surface area contributed by atoms with Crippen LogP contribution in [0.4, 0.5) is 18.9 Å². The van der Waals surface area contributed by atoms with Gasteiger partial charge in [0.25, 0.3) is 5.91 Å². The van der Waals surface area contributed by atoms with E-state index in [1.807, 2.05) is 0 Å². The minimum absolute atomic E-state index is 0.0911. The summed E-state index contributed by atoms with van der Waals surface area (Å²) in [5.74, 6) is -0.541. The molecule has 0 spiro atoms. The SMILES string of the molecule is COc1cc(C(=O)OCC(=O)Nc2ccc(C(F)(F)F)cc2)cc2c1OCCO2. The molecule has 29 heavy (non-hydrogen) atoms. The van der Waals surface area contributed by atoms with Crippen molar-refractivity contribution >= 4 is 17.6 Å². The molecule has 1 aliphatic heterocycles. The molecule has 0 aliphatic carbocycles. The fourth-order valence-electron chi connectivity index (χ4n) is 2.54. The second-order valence-corrected chi connectivity index (χ2v) is 5.90. The van der Waals surface area contributed by atoms with Gasteiger partial charge in [0, 0.05) is 5.69 Å². The molecule has 7 nitrogen and oxygen atoms in total. The van der Waals surface area contributed by atoms with Crippen molar-refractivity contribution in [3.05, 3.63) is 47.5 Å². The molecule has 0 aromatic heterocycles. The number of benzene rings is 2. The first kappa shape index (κ1) is 20.3. The maximum Gasteiger partial charge on any atom is 0.416 e. The number of rotatable bonds is 5. The molecule has 0 radical (unpaired) electrons. The van der Waals surface area contributed by atoms with Crippen molar-refractivity contribution in [3.63, 3.8) is 0 Å². The zero-order valence-corrected chi connectivity index (χ0v) is 15.2. The predicted octanol–water partition coefficient (Wildman–Crippen LogP) is 3.28. The van der Waals surface area contributed by atoms with E-state index in [9.17, 15) is 22.8 Å². The Morgan fingerprint density at radius 2 is 1.79 bits per heavy atom. The van der Waals surface area contributed by atoms with Gasteiger partial charge in [-0.05, 0) is 36.4 Å². The average Bonchev–Trinajstić information content (AvgIpc) is 2.70. The number of hydrogen-bond acceptors (Lipinski definition) is 6. The number of amides is 1. The molecule has 1 amide bonds. The number of esters is 1. The Labute approximate surface area is 163 Å². The topological polar surface area (TPSA) is 83.1 Å². The quantitative estimate of drug-likeness (QED) is 0.761. The lowest BCUT2D eigenvalue weighted by Crippen LogP contribution is -2.21. The molecule has 0 saturated heterocycles. The van der Waals surface area contributed by atoms with Crippen LogP contribution in [-0.4, -0.2) is 38.8 Å². The summed E-state index contributed by atoms with van der Waals surface area (Å²) in [5.41, 5.74) is -0.608. The molecule has 1 heterocycles. The van der Waals surface area contributed by atoms with Crippen LogP contribution < -0.4 is 19.5 Å². The molecule has 154 valence electrons. The van der Waals surface area contributed by atoms with Crippen LogP contribution in [0.3, 0.4) is 0 Å². The van der Waals surface area contributed by atoms with Crippen LogP contribution >= 0.6 is 0 Å². The third-order valence-corrected chi connectivity index (χ3v) is 3.89.